The normalized spacial score (nSPS) is 12.6. The third-order valence-electron chi connectivity index (χ3n) is 6.86. The number of anilines is 1. The van der Waals surface area contributed by atoms with Crippen LogP contribution in [0.1, 0.15) is 31.4 Å². The summed E-state index contributed by atoms with van der Waals surface area (Å²) in [6.07, 6.45) is 1.60. The summed E-state index contributed by atoms with van der Waals surface area (Å²) in [6, 6.07) is 16.5. The van der Waals surface area contributed by atoms with Crippen molar-refractivity contribution in [3.8, 4) is 5.75 Å². The summed E-state index contributed by atoms with van der Waals surface area (Å²) in [5, 5.41) is 14.4. The molecule has 43 heavy (non-hydrogen) atoms. The lowest BCUT2D eigenvalue weighted by Crippen LogP contribution is -2.54. The molecule has 3 rings (SSSR count). The van der Waals surface area contributed by atoms with Crippen LogP contribution in [0.15, 0.2) is 72.8 Å². The van der Waals surface area contributed by atoms with Crippen molar-refractivity contribution in [3.63, 3.8) is 0 Å². The number of hydrogen-bond acceptors (Lipinski definition) is 7. The van der Waals surface area contributed by atoms with Gasteiger partial charge in [-0.1, -0.05) is 49.4 Å². The fraction of sp³-hybridized carbons (Fsp3) is 0.333. The predicted molar refractivity (Wildman–Crippen MR) is 161 cm³/mol. The second-order valence-electron chi connectivity index (χ2n) is 10.1. The highest BCUT2D eigenvalue weighted by atomic mass is 32.2. The molecule has 0 saturated carbocycles. The number of sulfonamides is 1. The number of carbonyl (C=O) groups excluding carboxylic acids is 2. The molecule has 3 aromatic rings. The molecule has 2 amide bonds. The SMILES string of the molecule is CC[C@H](C)NC(=O)[C@H](Cc1ccccc1)N(Cc1ccc(F)cc1)C(=O)CN(c1cc([N+](=O)[O-])ccc1OC)S(C)(=O)=O. The standard InChI is InChI=1S/C30H35FN4O7S/c1-5-21(2)32-30(37)27(17-22-9-7-6-8-10-22)33(19-23-11-13-24(31)14-12-23)29(36)20-34(43(4,40)41)26-18-25(35(38)39)15-16-28(26)42-3/h6-16,18,21,27H,5,17,19-20H2,1-4H3,(H,32,37)/t21-,27-/m0/s1. The number of ether oxygens (including phenoxy) is 1. The van der Waals surface area contributed by atoms with Crippen LogP contribution in [0, 0.1) is 15.9 Å². The van der Waals surface area contributed by atoms with Crippen molar-refractivity contribution in [1.29, 1.82) is 0 Å². The van der Waals surface area contributed by atoms with Crippen molar-refractivity contribution in [2.75, 3.05) is 24.2 Å². The van der Waals surface area contributed by atoms with E-state index in [-0.39, 0.29) is 30.4 Å². The molecule has 0 spiro atoms. The summed E-state index contributed by atoms with van der Waals surface area (Å²) >= 11 is 0. The highest BCUT2D eigenvalue weighted by Gasteiger charge is 2.34. The minimum Gasteiger partial charge on any atom is -0.495 e. The van der Waals surface area contributed by atoms with Gasteiger partial charge >= 0.3 is 0 Å². The van der Waals surface area contributed by atoms with E-state index >= 15 is 0 Å². The number of amides is 2. The number of benzene rings is 3. The maximum atomic E-state index is 14.1. The number of rotatable bonds is 14. The molecule has 0 unspecified atom stereocenters. The van der Waals surface area contributed by atoms with Crippen molar-refractivity contribution >= 4 is 33.2 Å². The molecule has 0 aliphatic rings. The summed E-state index contributed by atoms with van der Waals surface area (Å²) in [5.74, 6) is -1.71. The van der Waals surface area contributed by atoms with Crippen molar-refractivity contribution in [3.05, 3.63) is 99.9 Å². The Bertz CT molecular complexity index is 1540. The van der Waals surface area contributed by atoms with E-state index < -0.39 is 50.9 Å². The largest absolute Gasteiger partial charge is 0.495 e. The Morgan fingerprint density at radius 1 is 1.05 bits per heavy atom. The van der Waals surface area contributed by atoms with Gasteiger partial charge in [0.15, 0.2) is 0 Å². The first-order chi connectivity index (χ1) is 20.3. The van der Waals surface area contributed by atoms with Crippen molar-refractivity contribution < 1.29 is 32.1 Å². The van der Waals surface area contributed by atoms with E-state index in [9.17, 15) is 32.5 Å². The average molecular weight is 615 g/mol. The van der Waals surface area contributed by atoms with Gasteiger partial charge in [-0.25, -0.2) is 12.8 Å². The molecule has 11 nitrogen and oxygen atoms in total. The molecular formula is C30H35FN4O7S. The Kier molecular flexibility index (Phi) is 11.2. The molecule has 0 radical (unpaired) electrons. The summed E-state index contributed by atoms with van der Waals surface area (Å²) in [6.45, 7) is 2.78. The zero-order valence-corrected chi connectivity index (χ0v) is 25.2. The summed E-state index contributed by atoms with van der Waals surface area (Å²) in [4.78, 5) is 39.9. The molecule has 2 atom stereocenters. The van der Waals surface area contributed by atoms with E-state index in [1.54, 1.807) is 24.3 Å². The fourth-order valence-electron chi connectivity index (χ4n) is 4.36. The quantitative estimate of drug-likeness (QED) is 0.213. The first-order valence-corrected chi connectivity index (χ1v) is 15.4. The zero-order valence-electron chi connectivity index (χ0n) is 24.4. The smallest absolute Gasteiger partial charge is 0.271 e. The van der Waals surface area contributed by atoms with Gasteiger partial charge in [0.05, 0.1) is 18.3 Å². The van der Waals surface area contributed by atoms with Gasteiger partial charge in [0.25, 0.3) is 5.69 Å². The Balaban J connectivity index is 2.13. The Hall–Kier alpha value is -4.52. The van der Waals surface area contributed by atoms with E-state index in [4.69, 9.17) is 4.74 Å². The molecule has 0 aromatic heterocycles. The number of methoxy groups -OCH3 is 1. The van der Waals surface area contributed by atoms with E-state index in [2.05, 4.69) is 5.32 Å². The third kappa shape index (κ3) is 8.98. The van der Waals surface area contributed by atoms with Gasteiger partial charge in [0, 0.05) is 31.1 Å². The third-order valence-corrected chi connectivity index (χ3v) is 7.99. The second kappa shape index (κ2) is 14.6. The second-order valence-corrected chi connectivity index (χ2v) is 12.0. The molecular weight excluding hydrogens is 579 g/mol. The summed E-state index contributed by atoms with van der Waals surface area (Å²) in [5.41, 5.74) is 0.639. The van der Waals surface area contributed by atoms with Gasteiger partial charge in [-0.2, -0.15) is 0 Å². The van der Waals surface area contributed by atoms with E-state index in [0.717, 1.165) is 24.0 Å². The molecule has 13 heteroatoms. The lowest BCUT2D eigenvalue weighted by molar-refractivity contribution is -0.384. The van der Waals surface area contributed by atoms with Crippen LogP contribution >= 0.6 is 0 Å². The van der Waals surface area contributed by atoms with Crippen molar-refractivity contribution in [2.45, 2.75) is 45.3 Å². The van der Waals surface area contributed by atoms with Crippen LogP contribution in [0.3, 0.4) is 0 Å². The lowest BCUT2D eigenvalue weighted by atomic mass is 10.0. The number of nitro benzene ring substituents is 1. The first kappa shape index (κ1) is 33.0. The highest BCUT2D eigenvalue weighted by Crippen LogP contribution is 2.34. The van der Waals surface area contributed by atoms with Crippen LogP contribution in [0.5, 0.6) is 5.75 Å². The van der Waals surface area contributed by atoms with Crippen molar-refractivity contribution in [1.82, 2.24) is 10.2 Å². The van der Waals surface area contributed by atoms with Crippen LogP contribution < -0.4 is 14.4 Å². The van der Waals surface area contributed by atoms with Gasteiger partial charge in [-0.15, -0.1) is 0 Å². The maximum Gasteiger partial charge on any atom is 0.271 e. The van der Waals surface area contributed by atoms with Gasteiger partial charge in [0.2, 0.25) is 21.8 Å². The fourth-order valence-corrected chi connectivity index (χ4v) is 5.21. The molecule has 0 aliphatic heterocycles. The van der Waals surface area contributed by atoms with Crippen LogP contribution in [0.4, 0.5) is 15.8 Å². The van der Waals surface area contributed by atoms with Crippen LogP contribution in [0.2, 0.25) is 0 Å². The number of carbonyl (C=O) groups is 2. The molecule has 230 valence electrons. The van der Waals surface area contributed by atoms with E-state index in [1.807, 2.05) is 19.9 Å². The minimum absolute atomic E-state index is 0.00995. The van der Waals surface area contributed by atoms with Gasteiger partial charge < -0.3 is 15.0 Å². The highest BCUT2D eigenvalue weighted by molar-refractivity contribution is 7.92. The van der Waals surface area contributed by atoms with Gasteiger partial charge in [0.1, 0.15) is 29.8 Å². The van der Waals surface area contributed by atoms with Crippen LogP contribution in [-0.2, 0) is 32.6 Å². The number of hydrogen-bond donors (Lipinski definition) is 1. The van der Waals surface area contributed by atoms with Gasteiger partial charge in [-0.05, 0) is 42.7 Å². The number of non-ortho nitro benzene ring substituents is 1. The number of nitrogens with zero attached hydrogens (tertiary/aromatic N) is 3. The Labute approximate surface area is 250 Å². The molecule has 3 aromatic carbocycles. The van der Waals surface area contributed by atoms with Crippen molar-refractivity contribution in [2.24, 2.45) is 0 Å². The Morgan fingerprint density at radius 3 is 2.26 bits per heavy atom. The molecule has 0 bridgehead atoms. The molecule has 0 aliphatic carbocycles. The van der Waals surface area contributed by atoms with E-state index in [0.29, 0.717) is 16.3 Å². The Morgan fingerprint density at radius 2 is 1.70 bits per heavy atom. The molecule has 1 N–H and O–H groups in total. The molecule has 0 fully saturated rings. The van der Waals surface area contributed by atoms with Crippen LogP contribution in [0.25, 0.3) is 0 Å². The number of nitrogens with one attached hydrogen (secondary N) is 1. The summed E-state index contributed by atoms with van der Waals surface area (Å²) < 4.78 is 45.7. The molecule has 0 heterocycles. The minimum atomic E-state index is -4.19. The summed E-state index contributed by atoms with van der Waals surface area (Å²) in [7, 11) is -2.93. The lowest BCUT2D eigenvalue weighted by Gasteiger charge is -2.34. The average Bonchev–Trinajstić information content (AvgIpc) is 2.97. The number of halogens is 1. The first-order valence-electron chi connectivity index (χ1n) is 13.5. The monoisotopic (exact) mass is 614 g/mol. The maximum absolute atomic E-state index is 14.1. The van der Waals surface area contributed by atoms with Gasteiger partial charge in [-0.3, -0.25) is 24.0 Å². The number of nitro groups is 1. The molecule has 0 saturated heterocycles. The van der Waals surface area contributed by atoms with Crippen LogP contribution in [-0.4, -0.2) is 62.0 Å². The van der Waals surface area contributed by atoms with E-state index in [1.165, 1.54) is 42.3 Å². The topological polar surface area (TPSA) is 139 Å². The zero-order chi connectivity index (χ0) is 31.7. The predicted octanol–water partition coefficient (Wildman–Crippen LogP) is 4.06.